The number of alkyl halides is 3. The number of halogens is 4. The SMILES string of the molecule is NC(=O)c1cccc(-c2ccc(CCC3Cc4ccccc4C3)c(Cl)c2)c1.O=C(O)C(F)(F)F. The molecule has 1 aliphatic rings. The number of carbonyl (C=O) groups is 2. The highest BCUT2D eigenvalue weighted by Gasteiger charge is 2.38. The zero-order valence-electron chi connectivity index (χ0n) is 18.1. The Morgan fingerprint density at radius 1 is 0.941 bits per heavy atom. The van der Waals surface area contributed by atoms with Gasteiger partial charge in [-0.05, 0) is 77.6 Å². The molecule has 0 unspecified atom stereocenters. The lowest BCUT2D eigenvalue weighted by Crippen LogP contribution is -2.21. The Kier molecular flexibility index (Phi) is 7.99. The molecule has 3 N–H and O–H groups in total. The van der Waals surface area contributed by atoms with E-state index in [1.54, 1.807) is 6.07 Å². The maximum atomic E-state index is 11.4. The minimum absolute atomic E-state index is 0.419. The van der Waals surface area contributed by atoms with Crippen molar-refractivity contribution in [1.82, 2.24) is 0 Å². The Balaban J connectivity index is 0.000000406. The topological polar surface area (TPSA) is 80.4 Å². The van der Waals surface area contributed by atoms with Crippen LogP contribution in [0.3, 0.4) is 0 Å². The molecular formula is C26H23ClF3NO3. The van der Waals surface area contributed by atoms with Crippen molar-refractivity contribution in [3.63, 3.8) is 0 Å². The molecule has 0 saturated heterocycles. The van der Waals surface area contributed by atoms with Crippen molar-refractivity contribution in [1.29, 1.82) is 0 Å². The van der Waals surface area contributed by atoms with Crippen LogP contribution < -0.4 is 5.73 Å². The molecule has 3 aromatic carbocycles. The lowest BCUT2D eigenvalue weighted by Gasteiger charge is -2.11. The molecule has 0 atom stereocenters. The highest BCUT2D eigenvalue weighted by Crippen LogP contribution is 2.32. The molecule has 0 heterocycles. The fourth-order valence-electron chi connectivity index (χ4n) is 4.00. The summed E-state index contributed by atoms with van der Waals surface area (Å²) in [6, 6.07) is 22.3. The van der Waals surface area contributed by atoms with Gasteiger partial charge < -0.3 is 10.8 Å². The van der Waals surface area contributed by atoms with E-state index in [-0.39, 0.29) is 0 Å². The third kappa shape index (κ3) is 6.60. The fourth-order valence-corrected chi connectivity index (χ4v) is 4.27. The predicted molar refractivity (Wildman–Crippen MR) is 125 cm³/mol. The van der Waals surface area contributed by atoms with Crippen molar-refractivity contribution in [3.8, 4) is 11.1 Å². The Bertz CT molecular complexity index is 1170. The Morgan fingerprint density at radius 2 is 1.53 bits per heavy atom. The van der Waals surface area contributed by atoms with E-state index in [1.807, 2.05) is 24.3 Å². The van der Waals surface area contributed by atoms with E-state index in [1.165, 1.54) is 29.5 Å². The molecule has 0 fully saturated rings. The van der Waals surface area contributed by atoms with Crippen LogP contribution in [0.1, 0.15) is 33.5 Å². The summed E-state index contributed by atoms with van der Waals surface area (Å²) >= 11 is 6.56. The van der Waals surface area contributed by atoms with Crippen LogP contribution in [0.25, 0.3) is 11.1 Å². The largest absolute Gasteiger partial charge is 0.490 e. The fraction of sp³-hybridized carbons (Fsp3) is 0.231. The Labute approximate surface area is 200 Å². The first-order chi connectivity index (χ1) is 16.0. The van der Waals surface area contributed by atoms with Crippen LogP contribution in [0.5, 0.6) is 0 Å². The van der Waals surface area contributed by atoms with Gasteiger partial charge in [-0.1, -0.05) is 60.1 Å². The van der Waals surface area contributed by atoms with Crippen LogP contribution in [-0.2, 0) is 24.1 Å². The maximum Gasteiger partial charge on any atom is 0.490 e. The highest BCUT2D eigenvalue weighted by molar-refractivity contribution is 6.31. The molecule has 0 radical (unpaired) electrons. The van der Waals surface area contributed by atoms with Gasteiger partial charge in [0.2, 0.25) is 5.91 Å². The lowest BCUT2D eigenvalue weighted by atomic mass is 9.95. The van der Waals surface area contributed by atoms with Crippen LogP contribution in [0, 0.1) is 5.92 Å². The molecule has 0 spiro atoms. The van der Waals surface area contributed by atoms with Crippen molar-refractivity contribution in [3.05, 3.63) is 94.0 Å². The lowest BCUT2D eigenvalue weighted by molar-refractivity contribution is -0.192. The van der Waals surface area contributed by atoms with E-state index >= 15 is 0 Å². The summed E-state index contributed by atoms with van der Waals surface area (Å²) in [5.74, 6) is -2.48. The van der Waals surface area contributed by atoms with Gasteiger partial charge in [0.25, 0.3) is 0 Å². The van der Waals surface area contributed by atoms with Gasteiger partial charge in [0.15, 0.2) is 0 Å². The van der Waals surface area contributed by atoms with Gasteiger partial charge in [-0.2, -0.15) is 13.2 Å². The number of nitrogens with two attached hydrogens (primary N) is 1. The molecule has 0 bridgehead atoms. The van der Waals surface area contributed by atoms with Crippen LogP contribution in [0.4, 0.5) is 13.2 Å². The number of primary amides is 1. The summed E-state index contributed by atoms with van der Waals surface area (Å²) in [5.41, 5.74) is 12.0. The number of amides is 1. The van der Waals surface area contributed by atoms with Crippen molar-refractivity contribution >= 4 is 23.5 Å². The second-order valence-electron chi connectivity index (χ2n) is 8.14. The number of hydrogen-bond acceptors (Lipinski definition) is 2. The number of rotatable bonds is 5. The monoisotopic (exact) mass is 489 g/mol. The van der Waals surface area contributed by atoms with Gasteiger partial charge in [0.05, 0.1) is 0 Å². The molecule has 0 aromatic heterocycles. The third-order valence-corrected chi connectivity index (χ3v) is 6.09. The number of benzene rings is 3. The van der Waals surface area contributed by atoms with Crippen molar-refractivity contribution in [2.75, 3.05) is 0 Å². The zero-order valence-corrected chi connectivity index (χ0v) is 18.9. The number of carboxylic acids is 1. The number of carbonyl (C=O) groups excluding carboxylic acids is 1. The summed E-state index contributed by atoms with van der Waals surface area (Å²) in [7, 11) is 0. The summed E-state index contributed by atoms with van der Waals surface area (Å²) in [4.78, 5) is 20.3. The first kappa shape index (κ1) is 25.3. The van der Waals surface area contributed by atoms with Crippen LogP contribution in [-0.4, -0.2) is 23.2 Å². The molecule has 0 aliphatic heterocycles. The standard InChI is InChI=1S/C24H22ClNO.C2HF3O2/c25-23-15-21(20-6-3-7-22(14-20)24(26)27)11-10-17(23)9-8-16-12-18-4-1-2-5-19(18)13-16;3-2(4,5)1(6)7/h1-7,10-11,14-16H,8-9,12-13H2,(H2,26,27);(H,6,7). The van der Waals surface area contributed by atoms with Gasteiger partial charge in [0.1, 0.15) is 0 Å². The molecule has 0 saturated carbocycles. The average molecular weight is 490 g/mol. The van der Waals surface area contributed by atoms with E-state index < -0.39 is 18.1 Å². The number of aryl methyl sites for hydroxylation is 1. The average Bonchev–Trinajstić information content (AvgIpc) is 3.21. The van der Waals surface area contributed by atoms with Crippen molar-refractivity contribution in [2.24, 2.45) is 11.7 Å². The third-order valence-electron chi connectivity index (χ3n) is 5.73. The van der Waals surface area contributed by atoms with E-state index in [9.17, 15) is 18.0 Å². The second-order valence-corrected chi connectivity index (χ2v) is 8.54. The minimum atomic E-state index is -5.08. The molecule has 34 heavy (non-hydrogen) atoms. The van der Waals surface area contributed by atoms with Gasteiger partial charge in [-0.3, -0.25) is 4.79 Å². The Morgan fingerprint density at radius 3 is 2.06 bits per heavy atom. The summed E-state index contributed by atoms with van der Waals surface area (Å²) in [6.45, 7) is 0. The van der Waals surface area contributed by atoms with Crippen LogP contribution in [0.15, 0.2) is 66.7 Å². The van der Waals surface area contributed by atoms with Gasteiger partial charge in [0, 0.05) is 10.6 Å². The first-order valence-electron chi connectivity index (χ1n) is 10.6. The van der Waals surface area contributed by atoms with Crippen molar-refractivity contribution in [2.45, 2.75) is 31.9 Å². The van der Waals surface area contributed by atoms with Crippen LogP contribution in [0.2, 0.25) is 5.02 Å². The Hall–Kier alpha value is -3.32. The summed E-state index contributed by atoms with van der Waals surface area (Å²) in [6.07, 6.45) is -0.610. The second kappa shape index (κ2) is 10.7. The van der Waals surface area contributed by atoms with E-state index in [4.69, 9.17) is 27.2 Å². The summed E-state index contributed by atoms with van der Waals surface area (Å²) < 4.78 is 31.7. The van der Waals surface area contributed by atoms with E-state index in [0.717, 1.165) is 29.0 Å². The number of fused-ring (bicyclic) bond motifs is 1. The molecule has 3 aromatic rings. The van der Waals surface area contributed by atoms with E-state index in [0.29, 0.717) is 11.5 Å². The van der Waals surface area contributed by atoms with Gasteiger partial charge in [-0.15, -0.1) is 0 Å². The normalized spacial score (nSPS) is 13.1. The minimum Gasteiger partial charge on any atom is -0.475 e. The maximum absolute atomic E-state index is 11.4. The molecule has 1 amide bonds. The van der Waals surface area contributed by atoms with E-state index in [2.05, 4.69) is 36.4 Å². The summed E-state index contributed by atoms with van der Waals surface area (Å²) in [5, 5.41) is 7.91. The first-order valence-corrected chi connectivity index (χ1v) is 11.0. The number of aliphatic carboxylic acids is 1. The molecule has 4 nitrogen and oxygen atoms in total. The molecule has 4 rings (SSSR count). The molecular weight excluding hydrogens is 467 g/mol. The van der Waals surface area contributed by atoms with Crippen molar-refractivity contribution < 1.29 is 27.9 Å². The van der Waals surface area contributed by atoms with Gasteiger partial charge in [-0.25, -0.2) is 4.79 Å². The zero-order chi connectivity index (χ0) is 24.9. The number of hydrogen-bond donors (Lipinski definition) is 2. The molecule has 178 valence electrons. The van der Waals surface area contributed by atoms with Crippen LogP contribution >= 0.6 is 11.6 Å². The highest BCUT2D eigenvalue weighted by atomic mass is 35.5. The quantitative estimate of drug-likeness (QED) is 0.455. The van der Waals surface area contributed by atoms with Gasteiger partial charge >= 0.3 is 12.1 Å². The number of carboxylic acid groups (broad SMARTS) is 1. The smallest absolute Gasteiger partial charge is 0.475 e. The predicted octanol–water partition coefficient (Wildman–Crippen LogP) is 6.09. The molecule has 1 aliphatic carbocycles. The molecule has 8 heteroatoms.